The molecule has 234 valence electrons. The van der Waals surface area contributed by atoms with Crippen molar-refractivity contribution in [3.63, 3.8) is 0 Å². The fraction of sp³-hybridized carbons (Fsp3) is 0.971. The van der Waals surface area contributed by atoms with Crippen LogP contribution in [0, 0.1) is 0 Å². The van der Waals surface area contributed by atoms with Crippen LogP contribution in [0.3, 0.4) is 0 Å². The highest BCUT2D eigenvalue weighted by Gasteiger charge is 2.26. The average Bonchev–Trinajstić information content (AvgIpc) is 2.94. The van der Waals surface area contributed by atoms with Crippen LogP contribution in [0.2, 0.25) is 0 Å². The maximum atomic E-state index is 12.3. The third kappa shape index (κ3) is 26.0. The molecule has 5 nitrogen and oxygen atoms in total. The Bertz CT molecular complexity index is 502. The molecule has 1 amide bonds. The Hall–Kier alpha value is -0.650. The summed E-state index contributed by atoms with van der Waals surface area (Å²) < 4.78 is 0. The number of hydrogen-bond donors (Lipinski definition) is 4. The van der Waals surface area contributed by atoms with Gasteiger partial charge in [0, 0.05) is 6.42 Å². The summed E-state index contributed by atoms with van der Waals surface area (Å²) in [7, 11) is 0. The lowest BCUT2D eigenvalue weighted by Gasteiger charge is -2.26. The lowest BCUT2D eigenvalue weighted by Crippen LogP contribution is -2.50. The summed E-state index contributed by atoms with van der Waals surface area (Å²) in [5, 5.41) is 33.2. The predicted molar refractivity (Wildman–Crippen MR) is 167 cm³/mol. The van der Waals surface area contributed by atoms with Crippen LogP contribution in [0.1, 0.15) is 187 Å². The third-order valence-electron chi connectivity index (χ3n) is 8.21. The van der Waals surface area contributed by atoms with E-state index >= 15 is 0 Å². The van der Waals surface area contributed by atoms with Crippen LogP contribution in [0.4, 0.5) is 0 Å². The van der Waals surface area contributed by atoms with E-state index in [1.54, 1.807) is 0 Å². The third-order valence-corrected chi connectivity index (χ3v) is 8.21. The van der Waals surface area contributed by atoms with Gasteiger partial charge in [-0.2, -0.15) is 0 Å². The first-order valence-electron chi connectivity index (χ1n) is 17.3. The average molecular weight is 556 g/mol. The summed E-state index contributed by atoms with van der Waals surface area (Å²) in [6.45, 7) is 4.15. The Balaban J connectivity index is 3.69. The number of nitrogens with one attached hydrogen (secondary N) is 1. The molecule has 1 unspecified atom stereocenters. The largest absolute Gasteiger partial charge is 0.394 e. The van der Waals surface area contributed by atoms with E-state index in [0.29, 0.717) is 12.8 Å². The number of carbonyl (C=O) groups excluding carboxylic acids is 1. The van der Waals surface area contributed by atoms with Crippen LogP contribution >= 0.6 is 0 Å². The molecule has 0 aromatic carbocycles. The summed E-state index contributed by atoms with van der Waals surface area (Å²) in [6, 6.07) is -0.799. The summed E-state index contributed by atoms with van der Waals surface area (Å²) >= 11 is 0. The fourth-order valence-electron chi connectivity index (χ4n) is 5.45. The van der Waals surface area contributed by atoms with E-state index in [9.17, 15) is 20.1 Å². The molecule has 0 bridgehead atoms. The van der Waals surface area contributed by atoms with E-state index in [1.807, 2.05) is 0 Å². The normalized spacial score (nSPS) is 13.9. The smallest absolute Gasteiger partial charge is 0.220 e. The Morgan fingerprint density at radius 2 is 0.872 bits per heavy atom. The predicted octanol–water partition coefficient (Wildman–Crippen LogP) is 8.76. The lowest BCUT2D eigenvalue weighted by molar-refractivity contribution is -0.124. The second-order valence-electron chi connectivity index (χ2n) is 12.1. The Kier molecular flexibility index (Phi) is 29.8. The molecule has 0 aliphatic rings. The maximum Gasteiger partial charge on any atom is 0.220 e. The first-order chi connectivity index (χ1) is 19.1. The molecule has 0 aliphatic heterocycles. The van der Waals surface area contributed by atoms with E-state index in [1.165, 1.54) is 122 Å². The van der Waals surface area contributed by atoms with Gasteiger partial charge in [-0.3, -0.25) is 4.79 Å². The van der Waals surface area contributed by atoms with E-state index in [2.05, 4.69) is 19.2 Å². The van der Waals surface area contributed by atoms with Crippen LogP contribution in [0.5, 0.6) is 0 Å². The van der Waals surface area contributed by atoms with Crippen molar-refractivity contribution in [1.82, 2.24) is 5.32 Å². The molecule has 39 heavy (non-hydrogen) atoms. The second kappa shape index (κ2) is 30.3. The Morgan fingerprint density at radius 3 is 1.23 bits per heavy atom. The molecule has 0 aliphatic carbocycles. The molecule has 0 spiro atoms. The Labute approximate surface area is 243 Å². The van der Waals surface area contributed by atoms with Crippen molar-refractivity contribution < 1.29 is 20.1 Å². The number of rotatable bonds is 31. The van der Waals surface area contributed by atoms with Crippen LogP contribution in [0.25, 0.3) is 0 Å². The number of hydrogen-bond acceptors (Lipinski definition) is 4. The van der Waals surface area contributed by atoms with E-state index < -0.39 is 18.2 Å². The van der Waals surface area contributed by atoms with Crippen molar-refractivity contribution in [1.29, 1.82) is 0 Å². The lowest BCUT2D eigenvalue weighted by atomic mass is 9.99. The van der Waals surface area contributed by atoms with Gasteiger partial charge in [0.05, 0.1) is 18.8 Å². The maximum absolute atomic E-state index is 12.3. The second-order valence-corrected chi connectivity index (χ2v) is 12.1. The van der Waals surface area contributed by atoms with Gasteiger partial charge in [0.15, 0.2) is 0 Å². The number of aliphatic hydroxyl groups excluding tert-OH is 3. The monoisotopic (exact) mass is 556 g/mol. The highest BCUT2D eigenvalue weighted by molar-refractivity contribution is 5.76. The Morgan fingerprint density at radius 1 is 0.538 bits per heavy atom. The fourth-order valence-corrected chi connectivity index (χ4v) is 5.45. The molecule has 0 saturated heterocycles. The van der Waals surface area contributed by atoms with Gasteiger partial charge in [0.1, 0.15) is 6.10 Å². The van der Waals surface area contributed by atoms with Gasteiger partial charge in [0.25, 0.3) is 0 Å². The molecular weight excluding hydrogens is 486 g/mol. The molecule has 3 atom stereocenters. The molecule has 0 aromatic rings. The van der Waals surface area contributed by atoms with Gasteiger partial charge in [-0.25, -0.2) is 0 Å². The number of aliphatic hydroxyl groups is 3. The molecule has 0 rings (SSSR count). The highest BCUT2D eigenvalue weighted by atomic mass is 16.3. The van der Waals surface area contributed by atoms with Crippen LogP contribution in [0.15, 0.2) is 0 Å². The molecule has 4 N–H and O–H groups in total. The van der Waals surface area contributed by atoms with Crippen LogP contribution < -0.4 is 5.32 Å². The molecule has 0 radical (unpaired) electrons. The summed E-state index contributed by atoms with van der Waals surface area (Å²) in [6.07, 6.45) is 30.4. The van der Waals surface area contributed by atoms with Gasteiger partial charge >= 0.3 is 0 Å². The molecule has 0 heterocycles. The first-order valence-corrected chi connectivity index (χ1v) is 17.3. The minimum Gasteiger partial charge on any atom is -0.394 e. The number of unbranched alkanes of at least 4 members (excludes halogenated alkanes) is 23. The number of carbonyl (C=O) groups is 1. The number of amides is 1. The zero-order valence-corrected chi connectivity index (χ0v) is 26.3. The van der Waals surface area contributed by atoms with Crippen molar-refractivity contribution in [2.24, 2.45) is 0 Å². The molecule has 0 fully saturated rings. The van der Waals surface area contributed by atoms with E-state index in [4.69, 9.17) is 0 Å². The molecule has 5 heteroatoms. The minimum absolute atomic E-state index is 0.145. The topological polar surface area (TPSA) is 89.8 Å². The van der Waals surface area contributed by atoms with E-state index in [0.717, 1.165) is 38.5 Å². The van der Waals surface area contributed by atoms with Gasteiger partial charge in [-0.15, -0.1) is 0 Å². The van der Waals surface area contributed by atoms with Crippen LogP contribution in [-0.4, -0.2) is 46.1 Å². The molecule has 0 aromatic heterocycles. The van der Waals surface area contributed by atoms with Gasteiger partial charge in [-0.1, -0.05) is 168 Å². The van der Waals surface area contributed by atoms with Crippen molar-refractivity contribution in [3.05, 3.63) is 0 Å². The van der Waals surface area contributed by atoms with Crippen molar-refractivity contribution in [2.75, 3.05) is 6.61 Å². The van der Waals surface area contributed by atoms with Crippen molar-refractivity contribution in [3.8, 4) is 0 Å². The standard InChI is InChI=1S/C34H69NO4/c1-3-5-7-9-11-13-15-17-19-21-23-25-27-29-33(38)35-31(30-36)34(39)32(37)28-26-24-22-20-18-16-14-12-10-8-6-4-2/h31-32,34,36-37,39H,3-30H2,1-2H3,(H,35,38)/t31?,32-,34+/m1/s1. The van der Waals surface area contributed by atoms with Gasteiger partial charge in [0.2, 0.25) is 5.91 Å². The SMILES string of the molecule is CCCCCCCCCCCCCCCC(=O)NC(CO)[C@H](O)[C@H](O)CCCCCCCCCCCCCC. The zero-order chi connectivity index (χ0) is 28.8. The molecule has 0 saturated carbocycles. The summed E-state index contributed by atoms with van der Waals surface area (Å²) in [4.78, 5) is 12.3. The van der Waals surface area contributed by atoms with Gasteiger partial charge < -0.3 is 20.6 Å². The minimum atomic E-state index is -1.13. The van der Waals surface area contributed by atoms with Crippen molar-refractivity contribution >= 4 is 5.91 Å². The van der Waals surface area contributed by atoms with Gasteiger partial charge in [-0.05, 0) is 12.8 Å². The highest BCUT2D eigenvalue weighted by Crippen LogP contribution is 2.16. The zero-order valence-electron chi connectivity index (χ0n) is 26.3. The first kappa shape index (κ1) is 38.4. The van der Waals surface area contributed by atoms with Crippen molar-refractivity contribution in [2.45, 2.75) is 205 Å². The molecular formula is C34H69NO4. The summed E-state index contributed by atoms with van der Waals surface area (Å²) in [5.74, 6) is -0.145. The van der Waals surface area contributed by atoms with Crippen LogP contribution in [-0.2, 0) is 4.79 Å². The van der Waals surface area contributed by atoms with E-state index in [-0.39, 0.29) is 12.5 Å². The quantitative estimate of drug-likeness (QED) is 0.0644. The summed E-state index contributed by atoms with van der Waals surface area (Å²) in [5.41, 5.74) is 0.